The zero-order valence-corrected chi connectivity index (χ0v) is 8.11. The molecule has 0 radical (unpaired) electrons. The molecule has 2 heterocycles. The van der Waals surface area contributed by atoms with Gasteiger partial charge in [-0.15, -0.1) is 0 Å². The zero-order chi connectivity index (χ0) is 9.54. The van der Waals surface area contributed by atoms with Gasteiger partial charge in [0.1, 0.15) is 5.82 Å². The Hall–Kier alpha value is -1.09. The normalized spacial score (nSPS) is 20.8. The molecule has 0 spiro atoms. The molecule has 0 saturated carbocycles. The standard InChI is InChI=1S/C11H14N2O/c14-9-6-13(7-9)11-5-4-8-2-1-3-10(8)12-11/h4-5,9,14H,1-3,6-7H2. The maximum absolute atomic E-state index is 9.20. The van der Waals surface area contributed by atoms with Gasteiger partial charge in [0.25, 0.3) is 0 Å². The second-order valence-corrected chi connectivity index (χ2v) is 4.19. The number of aliphatic hydroxyl groups excluding tert-OH is 1. The highest BCUT2D eigenvalue weighted by Gasteiger charge is 2.26. The smallest absolute Gasteiger partial charge is 0.128 e. The topological polar surface area (TPSA) is 36.4 Å². The fourth-order valence-electron chi connectivity index (χ4n) is 2.23. The van der Waals surface area contributed by atoms with Crippen LogP contribution in [-0.2, 0) is 12.8 Å². The van der Waals surface area contributed by atoms with Crippen LogP contribution in [0.4, 0.5) is 5.82 Å². The molecular weight excluding hydrogens is 176 g/mol. The molecule has 3 rings (SSSR count). The van der Waals surface area contributed by atoms with E-state index in [1.165, 1.54) is 24.1 Å². The third kappa shape index (κ3) is 1.20. The van der Waals surface area contributed by atoms with Crippen molar-refractivity contribution in [1.29, 1.82) is 0 Å². The molecular formula is C11H14N2O. The number of rotatable bonds is 1. The summed E-state index contributed by atoms with van der Waals surface area (Å²) in [7, 11) is 0. The summed E-state index contributed by atoms with van der Waals surface area (Å²) in [5.74, 6) is 1.04. The van der Waals surface area contributed by atoms with E-state index in [0.29, 0.717) is 0 Å². The van der Waals surface area contributed by atoms with E-state index in [4.69, 9.17) is 0 Å². The Kier molecular flexibility index (Phi) is 1.74. The van der Waals surface area contributed by atoms with Gasteiger partial charge in [0.2, 0.25) is 0 Å². The van der Waals surface area contributed by atoms with Crippen molar-refractivity contribution in [3.63, 3.8) is 0 Å². The molecule has 3 nitrogen and oxygen atoms in total. The van der Waals surface area contributed by atoms with Gasteiger partial charge in [-0.1, -0.05) is 6.07 Å². The first kappa shape index (κ1) is 8.24. The van der Waals surface area contributed by atoms with Gasteiger partial charge < -0.3 is 10.0 Å². The number of hydrogen-bond acceptors (Lipinski definition) is 3. The Balaban J connectivity index is 1.86. The van der Waals surface area contributed by atoms with Crippen LogP contribution in [0.2, 0.25) is 0 Å². The summed E-state index contributed by atoms with van der Waals surface area (Å²) < 4.78 is 0. The monoisotopic (exact) mass is 190 g/mol. The number of aliphatic hydroxyl groups is 1. The van der Waals surface area contributed by atoms with Crippen molar-refractivity contribution in [1.82, 2.24) is 4.98 Å². The van der Waals surface area contributed by atoms with Gasteiger partial charge in [0, 0.05) is 18.8 Å². The van der Waals surface area contributed by atoms with Crippen LogP contribution in [0.1, 0.15) is 17.7 Å². The lowest BCUT2D eigenvalue weighted by molar-refractivity contribution is 0.141. The van der Waals surface area contributed by atoms with Gasteiger partial charge in [0.05, 0.1) is 6.10 Å². The quantitative estimate of drug-likeness (QED) is 0.710. The van der Waals surface area contributed by atoms with Crippen molar-refractivity contribution in [2.45, 2.75) is 25.4 Å². The molecule has 0 bridgehead atoms. The van der Waals surface area contributed by atoms with Crippen LogP contribution >= 0.6 is 0 Å². The van der Waals surface area contributed by atoms with Crippen LogP contribution in [-0.4, -0.2) is 29.3 Å². The van der Waals surface area contributed by atoms with E-state index in [0.717, 1.165) is 25.3 Å². The second-order valence-electron chi connectivity index (χ2n) is 4.19. The van der Waals surface area contributed by atoms with E-state index < -0.39 is 0 Å². The molecule has 1 aromatic heterocycles. The Morgan fingerprint density at radius 1 is 1.29 bits per heavy atom. The first-order valence-electron chi connectivity index (χ1n) is 5.25. The van der Waals surface area contributed by atoms with E-state index in [2.05, 4.69) is 22.0 Å². The number of aryl methyl sites for hydroxylation is 2. The summed E-state index contributed by atoms with van der Waals surface area (Å²) in [4.78, 5) is 6.75. The lowest BCUT2D eigenvalue weighted by Crippen LogP contribution is -2.51. The fraction of sp³-hybridized carbons (Fsp3) is 0.545. The minimum atomic E-state index is -0.148. The van der Waals surface area contributed by atoms with Gasteiger partial charge in [-0.05, 0) is 30.9 Å². The molecule has 1 aromatic rings. The van der Waals surface area contributed by atoms with E-state index in [-0.39, 0.29) is 6.10 Å². The Bertz CT molecular complexity index is 358. The molecule has 0 unspecified atom stereocenters. The molecule has 74 valence electrons. The highest BCUT2D eigenvalue weighted by molar-refractivity contribution is 5.45. The highest BCUT2D eigenvalue weighted by atomic mass is 16.3. The van der Waals surface area contributed by atoms with Crippen LogP contribution in [0, 0.1) is 0 Å². The average Bonchev–Trinajstić information content (AvgIpc) is 2.59. The molecule has 1 aliphatic carbocycles. The molecule has 3 heteroatoms. The summed E-state index contributed by atoms with van der Waals surface area (Å²) in [5.41, 5.74) is 2.68. The Morgan fingerprint density at radius 2 is 2.14 bits per heavy atom. The Morgan fingerprint density at radius 3 is 2.93 bits per heavy atom. The Labute approximate surface area is 83.4 Å². The fourth-order valence-corrected chi connectivity index (χ4v) is 2.23. The first-order chi connectivity index (χ1) is 6.83. The molecule has 0 amide bonds. The van der Waals surface area contributed by atoms with Crippen LogP contribution < -0.4 is 4.90 Å². The van der Waals surface area contributed by atoms with Gasteiger partial charge in [0.15, 0.2) is 0 Å². The molecule has 1 aliphatic heterocycles. The molecule has 14 heavy (non-hydrogen) atoms. The maximum atomic E-state index is 9.20. The molecule has 0 aromatic carbocycles. The number of anilines is 1. The number of β-amino-alcohol motifs (C(OH)–C–C–N with tert-alkyl or cyclic N) is 1. The second kappa shape index (κ2) is 2.95. The van der Waals surface area contributed by atoms with Gasteiger partial charge in [-0.2, -0.15) is 0 Å². The minimum absolute atomic E-state index is 0.148. The van der Waals surface area contributed by atoms with Gasteiger partial charge >= 0.3 is 0 Å². The number of nitrogens with zero attached hydrogens (tertiary/aromatic N) is 2. The molecule has 1 fully saturated rings. The number of fused-ring (bicyclic) bond motifs is 1. The van der Waals surface area contributed by atoms with Crippen LogP contribution in [0.25, 0.3) is 0 Å². The minimum Gasteiger partial charge on any atom is -0.389 e. The molecule has 1 saturated heterocycles. The summed E-state index contributed by atoms with van der Waals surface area (Å²) in [6.07, 6.45) is 3.41. The van der Waals surface area contributed by atoms with E-state index in [1.54, 1.807) is 0 Å². The molecule has 1 N–H and O–H groups in total. The van der Waals surface area contributed by atoms with Crippen LogP contribution in [0.3, 0.4) is 0 Å². The third-order valence-electron chi connectivity index (χ3n) is 3.10. The predicted octanol–water partition coefficient (Wildman–Crippen LogP) is 0.751. The SMILES string of the molecule is OC1CN(c2ccc3c(n2)CCC3)C1. The predicted molar refractivity (Wildman–Crippen MR) is 54.5 cm³/mol. The average molecular weight is 190 g/mol. The molecule has 2 aliphatic rings. The summed E-state index contributed by atoms with van der Waals surface area (Å²) in [5, 5.41) is 9.20. The highest BCUT2D eigenvalue weighted by Crippen LogP contribution is 2.25. The van der Waals surface area contributed by atoms with Crippen LogP contribution in [0.5, 0.6) is 0 Å². The van der Waals surface area contributed by atoms with Crippen molar-refractivity contribution in [3.8, 4) is 0 Å². The first-order valence-corrected chi connectivity index (χ1v) is 5.25. The number of pyridine rings is 1. The van der Waals surface area contributed by atoms with Gasteiger partial charge in [-0.3, -0.25) is 0 Å². The van der Waals surface area contributed by atoms with Crippen molar-refractivity contribution in [3.05, 3.63) is 23.4 Å². The van der Waals surface area contributed by atoms with Crippen molar-refractivity contribution in [2.24, 2.45) is 0 Å². The van der Waals surface area contributed by atoms with E-state index >= 15 is 0 Å². The van der Waals surface area contributed by atoms with E-state index in [9.17, 15) is 5.11 Å². The largest absolute Gasteiger partial charge is 0.389 e. The lowest BCUT2D eigenvalue weighted by Gasteiger charge is -2.37. The summed E-state index contributed by atoms with van der Waals surface area (Å²) in [6.45, 7) is 1.48. The summed E-state index contributed by atoms with van der Waals surface area (Å²) in [6, 6.07) is 4.27. The third-order valence-corrected chi connectivity index (χ3v) is 3.10. The molecule has 0 atom stereocenters. The maximum Gasteiger partial charge on any atom is 0.128 e. The van der Waals surface area contributed by atoms with Crippen LogP contribution in [0.15, 0.2) is 12.1 Å². The van der Waals surface area contributed by atoms with Crippen molar-refractivity contribution in [2.75, 3.05) is 18.0 Å². The van der Waals surface area contributed by atoms with Gasteiger partial charge in [-0.25, -0.2) is 4.98 Å². The number of aromatic nitrogens is 1. The van der Waals surface area contributed by atoms with E-state index in [1.807, 2.05) is 0 Å². The zero-order valence-electron chi connectivity index (χ0n) is 8.11. The van der Waals surface area contributed by atoms with Crippen molar-refractivity contribution >= 4 is 5.82 Å². The lowest BCUT2D eigenvalue weighted by atomic mass is 10.1. The van der Waals surface area contributed by atoms with Crippen molar-refractivity contribution < 1.29 is 5.11 Å². The summed E-state index contributed by atoms with van der Waals surface area (Å²) >= 11 is 0. The number of hydrogen-bond donors (Lipinski definition) is 1.